The van der Waals surface area contributed by atoms with Gasteiger partial charge >= 0.3 is 23.9 Å². The lowest BCUT2D eigenvalue weighted by atomic mass is 10.1. The summed E-state index contributed by atoms with van der Waals surface area (Å²) in [7, 11) is 0. The summed E-state index contributed by atoms with van der Waals surface area (Å²) in [6, 6.07) is 0. The predicted octanol–water partition coefficient (Wildman–Crippen LogP) is 0.231. The zero-order valence-corrected chi connectivity index (χ0v) is 12.4. The Hall–Kier alpha value is -1.80. The summed E-state index contributed by atoms with van der Waals surface area (Å²) in [4.78, 5) is 43.4. The van der Waals surface area contributed by atoms with Crippen LogP contribution in [-0.2, 0) is 28.7 Å². The zero-order valence-electron chi connectivity index (χ0n) is 12.4. The van der Waals surface area contributed by atoms with E-state index in [0.29, 0.717) is 12.8 Å². The SMILES string of the molecule is O=C(CO)OC(=O)CCCCCCCCC(=O)OC(=O)CO. The van der Waals surface area contributed by atoms with Gasteiger partial charge in [0, 0.05) is 12.8 Å². The Labute approximate surface area is 128 Å². The maximum absolute atomic E-state index is 11.1. The van der Waals surface area contributed by atoms with Gasteiger partial charge in [0.2, 0.25) is 0 Å². The average Bonchev–Trinajstić information content (AvgIpc) is 2.49. The summed E-state index contributed by atoms with van der Waals surface area (Å²) < 4.78 is 8.57. The minimum Gasteiger partial charge on any atom is -0.391 e. The fourth-order valence-corrected chi connectivity index (χ4v) is 1.67. The molecule has 0 aromatic rings. The Morgan fingerprint density at radius 3 is 1.18 bits per heavy atom. The molecule has 0 saturated heterocycles. The highest BCUT2D eigenvalue weighted by atomic mass is 16.6. The van der Waals surface area contributed by atoms with E-state index in [4.69, 9.17) is 10.2 Å². The number of carbonyl (C=O) groups is 4. The van der Waals surface area contributed by atoms with E-state index >= 15 is 0 Å². The van der Waals surface area contributed by atoms with E-state index in [9.17, 15) is 19.2 Å². The Morgan fingerprint density at radius 2 is 0.864 bits per heavy atom. The van der Waals surface area contributed by atoms with Gasteiger partial charge in [-0.2, -0.15) is 0 Å². The minimum absolute atomic E-state index is 0.126. The van der Waals surface area contributed by atoms with Crippen LogP contribution in [0.1, 0.15) is 51.4 Å². The molecule has 0 amide bonds. The van der Waals surface area contributed by atoms with Crippen LogP contribution in [0, 0.1) is 0 Å². The molecule has 0 atom stereocenters. The van der Waals surface area contributed by atoms with Crippen molar-refractivity contribution in [3.8, 4) is 0 Å². The number of aliphatic hydroxyl groups is 2. The van der Waals surface area contributed by atoms with Crippen LogP contribution in [0.25, 0.3) is 0 Å². The second-order valence-electron chi connectivity index (χ2n) is 4.63. The van der Waals surface area contributed by atoms with Crippen molar-refractivity contribution < 1.29 is 38.9 Å². The second kappa shape index (κ2) is 12.9. The fourth-order valence-electron chi connectivity index (χ4n) is 1.67. The Bertz CT molecular complexity index is 341. The fraction of sp³-hybridized carbons (Fsp3) is 0.714. The maximum atomic E-state index is 11.1. The molecule has 0 radical (unpaired) electrons. The van der Waals surface area contributed by atoms with Crippen molar-refractivity contribution in [2.75, 3.05) is 13.2 Å². The van der Waals surface area contributed by atoms with E-state index in [1.807, 2.05) is 0 Å². The van der Waals surface area contributed by atoms with Gasteiger partial charge in [-0.1, -0.05) is 25.7 Å². The molecule has 0 fully saturated rings. The van der Waals surface area contributed by atoms with Crippen LogP contribution in [0.3, 0.4) is 0 Å². The summed E-state index contributed by atoms with van der Waals surface area (Å²) in [6.45, 7) is -1.61. The number of esters is 4. The lowest BCUT2D eigenvalue weighted by Gasteiger charge is -2.03. The van der Waals surface area contributed by atoms with Gasteiger partial charge in [-0.3, -0.25) is 9.59 Å². The summed E-state index contributed by atoms with van der Waals surface area (Å²) in [5, 5.41) is 16.8. The first kappa shape index (κ1) is 20.2. The molecule has 0 rings (SSSR count). The summed E-state index contributed by atoms with van der Waals surface area (Å²) in [5.74, 6) is -3.18. The van der Waals surface area contributed by atoms with Crippen molar-refractivity contribution in [1.82, 2.24) is 0 Å². The Balaban J connectivity index is 3.40. The molecule has 0 unspecified atom stereocenters. The van der Waals surface area contributed by atoms with E-state index < -0.39 is 37.1 Å². The normalized spacial score (nSPS) is 10.1. The average molecular weight is 318 g/mol. The van der Waals surface area contributed by atoms with Crippen molar-refractivity contribution >= 4 is 23.9 Å². The third kappa shape index (κ3) is 12.0. The van der Waals surface area contributed by atoms with Gasteiger partial charge in [0.05, 0.1) is 0 Å². The standard InChI is InChI=1S/C14H22O8/c15-9-13(19)21-11(17)7-5-3-1-2-4-6-8-12(18)22-14(20)10-16/h15-16H,1-10H2. The lowest BCUT2D eigenvalue weighted by Crippen LogP contribution is -2.15. The first-order valence-electron chi connectivity index (χ1n) is 7.18. The van der Waals surface area contributed by atoms with Gasteiger partial charge in [0.25, 0.3) is 0 Å². The number of aliphatic hydroxyl groups excluding tert-OH is 2. The molecule has 22 heavy (non-hydrogen) atoms. The number of hydrogen-bond acceptors (Lipinski definition) is 8. The molecular formula is C14H22O8. The van der Waals surface area contributed by atoms with Crippen molar-refractivity contribution in [2.45, 2.75) is 51.4 Å². The van der Waals surface area contributed by atoms with Crippen LogP contribution >= 0.6 is 0 Å². The van der Waals surface area contributed by atoms with Crippen molar-refractivity contribution in [1.29, 1.82) is 0 Å². The highest BCUT2D eigenvalue weighted by Gasteiger charge is 2.09. The number of rotatable bonds is 11. The van der Waals surface area contributed by atoms with E-state index in [1.54, 1.807) is 0 Å². The number of hydrogen-bond donors (Lipinski definition) is 2. The number of unbranched alkanes of at least 4 members (excludes halogenated alkanes) is 5. The van der Waals surface area contributed by atoms with Crippen LogP contribution in [0.15, 0.2) is 0 Å². The van der Waals surface area contributed by atoms with Crippen molar-refractivity contribution in [3.63, 3.8) is 0 Å². The Morgan fingerprint density at radius 1 is 0.545 bits per heavy atom. The van der Waals surface area contributed by atoms with Gasteiger partial charge < -0.3 is 19.7 Å². The first-order valence-corrected chi connectivity index (χ1v) is 7.18. The molecule has 0 aliphatic carbocycles. The van der Waals surface area contributed by atoms with Crippen molar-refractivity contribution in [2.24, 2.45) is 0 Å². The molecule has 0 aromatic heterocycles. The molecule has 0 spiro atoms. The summed E-state index contributed by atoms with van der Waals surface area (Å²) >= 11 is 0. The molecule has 0 bridgehead atoms. The predicted molar refractivity (Wildman–Crippen MR) is 73.3 cm³/mol. The molecule has 0 saturated carbocycles. The molecule has 126 valence electrons. The molecule has 0 aliphatic rings. The van der Waals surface area contributed by atoms with E-state index in [-0.39, 0.29) is 12.8 Å². The highest BCUT2D eigenvalue weighted by molar-refractivity contribution is 5.86. The van der Waals surface area contributed by atoms with Crippen LogP contribution in [-0.4, -0.2) is 47.3 Å². The van der Waals surface area contributed by atoms with Crippen LogP contribution in [0.4, 0.5) is 0 Å². The molecule has 0 heterocycles. The van der Waals surface area contributed by atoms with Gasteiger partial charge in [-0.05, 0) is 12.8 Å². The monoisotopic (exact) mass is 318 g/mol. The maximum Gasteiger partial charge on any atom is 0.339 e. The van der Waals surface area contributed by atoms with E-state index in [2.05, 4.69) is 9.47 Å². The highest BCUT2D eigenvalue weighted by Crippen LogP contribution is 2.09. The molecule has 8 nitrogen and oxygen atoms in total. The topological polar surface area (TPSA) is 127 Å². The number of ether oxygens (including phenoxy) is 2. The third-order valence-corrected chi connectivity index (χ3v) is 2.73. The lowest BCUT2D eigenvalue weighted by molar-refractivity contribution is -0.163. The van der Waals surface area contributed by atoms with Crippen LogP contribution in [0.5, 0.6) is 0 Å². The smallest absolute Gasteiger partial charge is 0.339 e. The first-order chi connectivity index (χ1) is 10.5. The molecule has 0 aliphatic heterocycles. The third-order valence-electron chi connectivity index (χ3n) is 2.73. The van der Waals surface area contributed by atoms with Gasteiger partial charge in [-0.15, -0.1) is 0 Å². The zero-order chi connectivity index (χ0) is 16.8. The number of carbonyl (C=O) groups excluding carboxylic acids is 4. The van der Waals surface area contributed by atoms with Gasteiger partial charge in [0.15, 0.2) is 0 Å². The molecular weight excluding hydrogens is 296 g/mol. The van der Waals surface area contributed by atoms with Gasteiger partial charge in [0.1, 0.15) is 13.2 Å². The van der Waals surface area contributed by atoms with E-state index in [1.165, 1.54) is 0 Å². The largest absolute Gasteiger partial charge is 0.391 e. The molecule has 8 heteroatoms. The van der Waals surface area contributed by atoms with E-state index in [0.717, 1.165) is 25.7 Å². The minimum atomic E-state index is -0.948. The van der Waals surface area contributed by atoms with Crippen LogP contribution < -0.4 is 0 Å². The second-order valence-corrected chi connectivity index (χ2v) is 4.63. The summed E-state index contributed by atoms with van der Waals surface area (Å²) in [6.07, 6.45) is 4.74. The van der Waals surface area contributed by atoms with Crippen LogP contribution in [0.2, 0.25) is 0 Å². The molecule has 2 N–H and O–H groups in total. The summed E-state index contributed by atoms with van der Waals surface area (Å²) in [5.41, 5.74) is 0. The molecule has 0 aromatic carbocycles. The quantitative estimate of drug-likeness (QED) is 0.315. The van der Waals surface area contributed by atoms with Crippen molar-refractivity contribution in [3.05, 3.63) is 0 Å². The van der Waals surface area contributed by atoms with Gasteiger partial charge in [-0.25, -0.2) is 9.59 Å². The Kier molecular flexibility index (Phi) is 11.8.